The molecule has 0 bridgehead atoms. The van der Waals surface area contributed by atoms with Crippen molar-refractivity contribution in [1.29, 1.82) is 5.26 Å². The zero-order valence-electron chi connectivity index (χ0n) is 6.78. The summed E-state index contributed by atoms with van der Waals surface area (Å²) < 4.78 is 0. The Morgan fingerprint density at radius 3 is 2.77 bits per heavy atom. The van der Waals surface area contributed by atoms with E-state index < -0.39 is 0 Å². The van der Waals surface area contributed by atoms with Gasteiger partial charge in [0.05, 0.1) is 5.56 Å². The Morgan fingerprint density at radius 2 is 2.15 bits per heavy atom. The first-order chi connectivity index (χ1) is 6.27. The molecule has 1 aromatic carbocycles. The third kappa shape index (κ3) is 2.23. The summed E-state index contributed by atoms with van der Waals surface area (Å²) in [5, 5.41) is 26.1. The number of rotatable bonds is 0. The van der Waals surface area contributed by atoms with Gasteiger partial charge in [-0.05, 0) is 18.2 Å². The second-order valence-electron chi connectivity index (χ2n) is 2.30. The summed E-state index contributed by atoms with van der Waals surface area (Å²) in [5.74, 6) is 5.03. The Labute approximate surface area is 75.9 Å². The number of nitriles is 1. The van der Waals surface area contributed by atoms with Crippen LogP contribution in [0.1, 0.15) is 11.1 Å². The van der Waals surface area contributed by atoms with Gasteiger partial charge in [0.2, 0.25) is 0 Å². The van der Waals surface area contributed by atoms with Crippen molar-refractivity contribution in [2.45, 2.75) is 0 Å². The molecule has 1 rings (SSSR count). The Morgan fingerprint density at radius 1 is 1.38 bits per heavy atom. The van der Waals surface area contributed by atoms with Crippen LogP contribution in [-0.2, 0) is 0 Å². The molecule has 0 aliphatic heterocycles. The summed E-state index contributed by atoms with van der Waals surface area (Å²) in [6.07, 6.45) is 0. The van der Waals surface area contributed by atoms with Crippen LogP contribution in [0.15, 0.2) is 18.2 Å². The Bertz CT molecular complexity index is 407. The second-order valence-corrected chi connectivity index (χ2v) is 2.30. The molecule has 3 nitrogen and oxygen atoms in total. The lowest BCUT2D eigenvalue weighted by Gasteiger charge is -1.95. The number of aliphatic hydroxyl groups excluding tert-OH is 1. The molecule has 0 heterocycles. The number of phenolic OH excluding ortho intramolecular Hbond substituents is 1. The monoisotopic (exact) mass is 173 g/mol. The lowest BCUT2D eigenvalue weighted by atomic mass is 10.1. The van der Waals surface area contributed by atoms with E-state index in [0.29, 0.717) is 5.56 Å². The summed E-state index contributed by atoms with van der Waals surface area (Å²) in [4.78, 5) is 0. The molecule has 0 spiro atoms. The Kier molecular flexibility index (Phi) is 2.92. The number of nitrogens with zero attached hydrogens (tertiary/aromatic N) is 1. The highest BCUT2D eigenvalue weighted by atomic mass is 16.3. The number of phenols is 1. The summed E-state index contributed by atoms with van der Waals surface area (Å²) in [7, 11) is 0. The fourth-order valence-corrected chi connectivity index (χ4v) is 0.845. The Hall–Kier alpha value is -1.97. The largest absolute Gasteiger partial charge is 0.507 e. The first-order valence-corrected chi connectivity index (χ1v) is 3.61. The van der Waals surface area contributed by atoms with Gasteiger partial charge < -0.3 is 10.2 Å². The predicted molar refractivity (Wildman–Crippen MR) is 46.8 cm³/mol. The minimum Gasteiger partial charge on any atom is -0.507 e. The van der Waals surface area contributed by atoms with Crippen LogP contribution in [-0.4, -0.2) is 16.8 Å². The molecule has 0 aromatic heterocycles. The van der Waals surface area contributed by atoms with Crippen LogP contribution in [0.2, 0.25) is 0 Å². The number of aliphatic hydroxyl groups is 1. The minimum absolute atomic E-state index is 0.0583. The van der Waals surface area contributed by atoms with E-state index in [0.717, 1.165) is 0 Å². The average molecular weight is 173 g/mol. The van der Waals surface area contributed by atoms with Gasteiger partial charge in [-0.2, -0.15) is 5.26 Å². The maximum atomic E-state index is 9.14. The van der Waals surface area contributed by atoms with Crippen molar-refractivity contribution in [1.82, 2.24) is 0 Å². The predicted octanol–water partition coefficient (Wildman–Crippen LogP) is 0.608. The highest BCUT2D eigenvalue weighted by Crippen LogP contribution is 2.16. The molecule has 0 fully saturated rings. The van der Waals surface area contributed by atoms with Crippen LogP contribution in [0.25, 0.3) is 0 Å². The third-order valence-electron chi connectivity index (χ3n) is 1.43. The average Bonchev–Trinajstić information content (AvgIpc) is 2.16. The van der Waals surface area contributed by atoms with Crippen LogP contribution >= 0.6 is 0 Å². The van der Waals surface area contributed by atoms with Gasteiger partial charge in [0.15, 0.2) is 0 Å². The topological polar surface area (TPSA) is 64.2 Å². The van der Waals surface area contributed by atoms with E-state index in [2.05, 4.69) is 11.8 Å². The van der Waals surface area contributed by atoms with E-state index in [4.69, 9.17) is 15.5 Å². The quantitative estimate of drug-likeness (QED) is 0.565. The van der Waals surface area contributed by atoms with E-state index in [1.165, 1.54) is 12.1 Å². The molecule has 13 heavy (non-hydrogen) atoms. The number of benzene rings is 1. The molecule has 0 amide bonds. The molecule has 0 saturated heterocycles. The lowest BCUT2D eigenvalue weighted by molar-refractivity contribution is 0.350. The van der Waals surface area contributed by atoms with Gasteiger partial charge in [-0.15, -0.1) is 0 Å². The molecular formula is C10H7NO2. The fraction of sp³-hybridized carbons (Fsp3) is 0.100. The van der Waals surface area contributed by atoms with Crippen molar-refractivity contribution in [3.8, 4) is 23.7 Å². The lowest BCUT2D eigenvalue weighted by Crippen LogP contribution is -1.80. The normalized spacial score (nSPS) is 8.31. The van der Waals surface area contributed by atoms with Gasteiger partial charge in [-0.3, -0.25) is 0 Å². The van der Waals surface area contributed by atoms with Gasteiger partial charge in [-0.25, -0.2) is 0 Å². The SMILES string of the molecule is N#Cc1cc(C#CCO)ccc1O. The maximum Gasteiger partial charge on any atom is 0.133 e. The van der Waals surface area contributed by atoms with E-state index >= 15 is 0 Å². The Balaban J connectivity index is 3.08. The van der Waals surface area contributed by atoms with Crippen LogP contribution < -0.4 is 0 Å². The molecule has 0 aliphatic carbocycles. The zero-order valence-corrected chi connectivity index (χ0v) is 6.78. The fourth-order valence-electron chi connectivity index (χ4n) is 0.845. The van der Waals surface area contributed by atoms with Gasteiger partial charge >= 0.3 is 0 Å². The van der Waals surface area contributed by atoms with Crippen LogP contribution in [0, 0.1) is 23.2 Å². The first kappa shape index (κ1) is 9.12. The van der Waals surface area contributed by atoms with Crippen molar-refractivity contribution in [3.05, 3.63) is 29.3 Å². The highest BCUT2D eigenvalue weighted by molar-refractivity contribution is 5.49. The standard InChI is InChI=1S/C10H7NO2/c11-7-9-6-8(2-1-5-12)3-4-10(9)13/h3-4,6,12-13H,5H2. The smallest absolute Gasteiger partial charge is 0.133 e. The van der Waals surface area contributed by atoms with Gasteiger partial charge in [0.1, 0.15) is 18.4 Å². The van der Waals surface area contributed by atoms with Gasteiger partial charge in [0.25, 0.3) is 0 Å². The van der Waals surface area contributed by atoms with Crippen LogP contribution in [0.4, 0.5) is 0 Å². The number of hydrogen-bond acceptors (Lipinski definition) is 3. The van der Waals surface area contributed by atoms with Gasteiger partial charge in [-0.1, -0.05) is 11.8 Å². The summed E-state index contributed by atoms with van der Waals surface area (Å²) in [6, 6.07) is 6.29. The van der Waals surface area contributed by atoms with Crippen LogP contribution in [0.5, 0.6) is 5.75 Å². The molecule has 64 valence electrons. The molecule has 0 atom stereocenters. The van der Waals surface area contributed by atoms with Crippen molar-refractivity contribution >= 4 is 0 Å². The van der Waals surface area contributed by atoms with E-state index in [1.54, 1.807) is 6.07 Å². The van der Waals surface area contributed by atoms with E-state index in [9.17, 15) is 0 Å². The van der Waals surface area contributed by atoms with E-state index in [1.807, 2.05) is 6.07 Å². The van der Waals surface area contributed by atoms with Crippen molar-refractivity contribution < 1.29 is 10.2 Å². The van der Waals surface area contributed by atoms with Crippen molar-refractivity contribution in [3.63, 3.8) is 0 Å². The molecule has 0 unspecified atom stereocenters. The highest BCUT2D eigenvalue weighted by Gasteiger charge is 1.98. The molecule has 2 N–H and O–H groups in total. The second kappa shape index (κ2) is 4.15. The van der Waals surface area contributed by atoms with Crippen molar-refractivity contribution in [2.24, 2.45) is 0 Å². The van der Waals surface area contributed by atoms with Crippen molar-refractivity contribution in [2.75, 3.05) is 6.61 Å². The molecule has 0 saturated carbocycles. The molecule has 0 aliphatic rings. The van der Waals surface area contributed by atoms with Crippen LogP contribution in [0.3, 0.4) is 0 Å². The summed E-state index contributed by atoms with van der Waals surface area (Å²) in [5.41, 5.74) is 0.785. The number of hydrogen-bond donors (Lipinski definition) is 2. The van der Waals surface area contributed by atoms with Gasteiger partial charge in [0, 0.05) is 5.56 Å². The number of aromatic hydroxyl groups is 1. The zero-order chi connectivity index (χ0) is 9.68. The molecule has 0 radical (unpaired) electrons. The summed E-state index contributed by atoms with van der Waals surface area (Å²) in [6.45, 7) is -0.219. The first-order valence-electron chi connectivity index (χ1n) is 3.61. The molecule has 3 heteroatoms. The minimum atomic E-state index is -0.219. The van der Waals surface area contributed by atoms with E-state index in [-0.39, 0.29) is 17.9 Å². The molecular weight excluding hydrogens is 166 g/mol. The summed E-state index contributed by atoms with van der Waals surface area (Å²) >= 11 is 0. The third-order valence-corrected chi connectivity index (χ3v) is 1.43. The maximum absolute atomic E-state index is 9.14. The molecule has 1 aromatic rings.